The SMILES string of the molecule is CC[C]1ONC1C. The maximum atomic E-state index is 4.86. The summed E-state index contributed by atoms with van der Waals surface area (Å²) in [6, 6.07) is 0.491. The summed E-state index contributed by atoms with van der Waals surface area (Å²) in [5.74, 6) is 0. The van der Waals surface area contributed by atoms with Crippen LogP contribution in [0.5, 0.6) is 0 Å². The third-order valence-electron chi connectivity index (χ3n) is 1.20. The van der Waals surface area contributed by atoms with E-state index in [4.69, 9.17) is 4.84 Å². The molecule has 1 aliphatic heterocycles. The number of rotatable bonds is 1. The fourth-order valence-corrected chi connectivity index (χ4v) is 0.638. The Bertz CT molecular complexity index is 63.1. The Balaban J connectivity index is 2.16. The summed E-state index contributed by atoms with van der Waals surface area (Å²) >= 11 is 0. The fraction of sp³-hybridized carbons (Fsp3) is 0.800. The number of hydrogen-bond donors (Lipinski definition) is 1. The zero-order chi connectivity index (χ0) is 5.28. The highest BCUT2D eigenvalue weighted by Gasteiger charge is 2.26. The van der Waals surface area contributed by atoms with Crippen LogP contribution in [-0.4, -0.2) is 6.04 Å². The number of hydroxylamine groups is 1. The maximum Gasteiger partial charge on any atom is 0.139 e. The quantitative estimate of drug-likeness (QED) is 0.527. The van der Waals surface area contributed by atoms with Crippen molar-refractivity contribution in [3.63, 3.8) is 0 Å². The molecule has 1 radical (unpaired) electrons. The average Bonchev–Trinajstić information content (AvgIpc) is 1.65. The molecule has 1 heterocycles. The molecule has 1 unspecified atom stereocenters. The van der Waals surface area contributed by atoms with E-state index < -0.39 is 0 Å². The molecule has 1 atom stereocenters. The van der Waals surface area contributed by atoms with Crippen molar-refractivity contribution in [1.82, 2.24) is 5.48 Å². The Morgan fingerprint density at radius 3 is 2.57 bits per heavy atom. The van der Waals surface area contributed by atoms with E-state index in [-0.39, 0.29) is 0 Å². The molecule has 0 aromatic rings. The lowest BCUT2D eigenvalue weighted by Gasteiger charge is -2.32. The van der Waals surface area contributed by atoms with Crippen LogP contribution in [0.25, 0.3) is 0 Å². The molecule has 0 spiro atoms. The zero-order valence-corrected chi connectivity index (χ0v) is 4.69. The van der Waals surface area contributed by atoms with Gasteiger partial charge in [0.05, 0.1) is 6.04 Å². The zero-order valence-electron chi connectivity index (χ0n) is 4.69. The monoisotopic (exact) mass is 100 g/mol. The van der Waals surface area contributed by atoms with Gasteiger partial charge in [0.15, 0.2) is 0 Å². The van der Waals surface area contributed by atoms with E-state index in [0.29, 0.717) is 6.04 Å². The Hall–Kier alpha value is -0.0800. The molecule has 1 fully saturated rings. The van der Waals surface area contributed by atoms with Gasteiger partial charge in [0.2, 0.25) is 0 Å². The first-order valence-corrected chi connectivity index (χ1v) is 2.62. The second-order valence-corrected chi connectivity index (χ2v) is 1.76. The molecule has 2 nitrogen and oxygen atoms in total. The van der Waals surface area contributed by atoms with Gasteiger partial charge in [0.25, 0.3) is 0 Å². The molecule has 1 saturated heterocycles. The molecule has 7 heavy (non-hydrogen) atoms. The van der Waals surface area contributed by atoms with Crippen molar-refractivity contribution in [3.8, 4) is 0 Å². The highest BCUT2D eigenvalue weighted by Crippen LogP contribution is 2.19. The van der Waals surface area contributed by atoms with E-state index in [1.54, 1.807) is 0 Å². The number of nitrogens with one attached hydrogen (secondary N) is 1. The van der Waals surface area contributed by atoms with Crippen LogP contribution in [0.3, 0.4) is 0 Å². The molecule has 1 rings (SSSR count). The molecule has 1 aliphatic rings. The van der Waals surface area contributed by atoms with Gasteiger partial charge in [-0.25, -0.2) is 0 Å². The third-order valence-corrected chi connectivity index (χ3v) is 1.20. The van der Waals surface area contributed by atoms with Crippen molar-refractivity contribution in [3.05, 3.63) is 6.10 Å². The van der Waals surface area contributed by atoms with Crippen LogP contribution in [-0.2, 0) is 4.84 Å². The molecule has 0 aliphatic carbocycles. The fourth-order valence-electron chi connectivity index (χ4n) is 0.638. The van der Waals surface area contributed by atoms with Crippen LogP contribution in [0, 0.1) is 6.10 Å². The van der Waals surface area contributed by atoms with E-state index in [9.17, 15) is 0 Å². The minimum absolute atomic E-state index is 0.491. The van der Waals surface area contributed by atoms with Crippen LogP contribution in [0.4, 0.5) is 0 Å². The van der Waals surface area contributed by atoms with Crippen molar-refractivity contribution in [2.45, 2.75) is 26.3 Å². The lowest BCUT2D eigenvalue weighted by atomic mass is 10.1. The second-order valence-electron chi connectivity index (χ2n) is 1.76. The van der Waals surface area contributed by atoms with Gasteiger partial charge in [-0.1, -0.05) is 6.92 Å². The standard InChI is InChI=1S/C5H10NO/c1-3-5-4(2)6-7-5/h4,6H,3H2,1-2H3. The summed E-state index contributed by atoms with van der Waals surface area (Å²) < 4.78 is 0. The molecule has 0 saturated carbocycles. The average molecular weight is 100 g/mol. The Kier molecular flexibility index (Phi) is 1.30. The van der Waals surface area contributed by atoms with Crippen molar-refractivity contribution >= 4 is 0 Å². The smallest absolute Gasteiger partial charge is 0.139 e. The predicted molar refractivity (Wildman–Crippen MR) is 27.2 cm³/mol. The highest BCUT2D eigenvalue weighted by atomic mass is 16.7. The molecule has 0 aromatic heterocycles. The van der Waals surface area contributed by atoms with Gasteiger partial charge in [-0.2, -0.15) is 5.48 Å². The van der Waals surface area contributed by atoms with Crippen LogP contribution in [0.15, 0.2) is 0 Å². The summed E-state index contributed by atoms with van der Waals surface area (Å²) in [6.45, 7) is 4.18. The first kappa shape index (κ1) is 5.06. The molecule has 0 aromatic carbocycles. The molecule has 0 bridgehead atoms. The lowest BCUT2D eigenvalue weighted by molar-refractivity contribution is -0.0853. The highest BCUT2D eigenvalue weighted by molar-refractivity contribution is 4.92. The van der Waals surface area contributed by atoms with E-state index in [1.807, 2.05) is 0 Å². The van der Waals surface area contributed by atoms with Crippen LogP contribution < -0.4 is 5.48 Å². The molecule has 0 amide bonds. The summed E-state index contributed by atoms with van der Waals surface area (Å²) in [6.07, 6.45) is 2.20. The third kappa shape index (κ3) is 0.763. The van der Waals surface area contributed by atoms with Crippen molar-refractivity contribution < 1.29 is 4.84 Å². The van der Waals surface area contributed by atoms with Gasteiger partial charge in [-0.05, 0) is 13.3 Å². The van der Waals surface area contributed by atoms with Gasteiger partial charge in [0, 0.05) is 0 Å². The van der Waals surface area contributed by atoms with E-state index in [1.165, 1.54) is 6.10 Å². The minimum atomic E-state index is 0.491. The molecular formula is C5H10NO. The van der Waals surface area contributed by atoms with Crippen LogP contribution in [0.2, 0.25) is 0 Å². The summed E-state index contributed by atoms with van der Waals surface area (Å²) in [5, 5.41) is 0. The predicted octanol–water partition coefficient (Wildman–Crippen LogP) is 0.852. The topological polar surface area (TPSA) is 21.3 Å². The van der Waals surface area contributed by atoms with E-state index in [0.717, 1.165) is 6.42 Å². The Morgan fingerprint density at radius 2 is 2.57 bits per heavy atom. The normalized spacial score (nSPS) is 32.6. The van der Waals surface area contributed by atoms with Crippen LogP contribution in [0.1, 0.15) is 20.3 Å². The van der Waals surface area contributed by atoms with Gasteiger partial charge < -0.3 is 0 Å². The molecule has 1 N–H and O–H groups in total. The van der Waals surface area contributed by atoms with Gasteiger partial charge in [-0.3, -0.25) is 4.84 Å². The minimum Gasteiger partial charge on any atom is -0.290 e. The van der Waals surface area contributed by atoms with Gasteiger partial charge >= 0.3 is 0 Å². The van der Waals surface area contributed by atoms with E-state index >= 15 is 0 Å². The second kappa shape index (κ2) is 1.80. The van der Waals surface area contributed by atoms with E-state index in [2.05, 4.69) is 19.3 Å². The van der Waals surface area contributed by atoms with Gasteiger partial charge in [-0.15, -0.1) is 0 Å². The molecule has 2 heteroatoms. The van der Waals surface area contributed by atoms with Crippen molar-refractivity contribution in [2.75, 3.05) is 0 Å². The largest absolute Gasteiger partial charge is 0.290 e. The van der Waals surface area contributed by atoms with Crippen molar-refractivity contribution in [2.24, 2.45) is 0 Å². The first-order chi connectivity index (χ1) is 3.34. The molecule has 41 valence electrons. The summed E-state index contributed by atoms with van der Waals surface area (Å²) in [7, 11) is 0. The van der Waals surface area contributed by atoms with Crippen LogP contribution >= 0.6 is 0 Å². The Morgan fingerprint density at radius 1 is 1.86 bits per heavy atom. The number of hydrogen-bond acceptors (Lipinski definition) is 2. The summed E-state index contributed by atoms with van der Waals surface area (Å²) in [4.78, 5) is 4.86. The Labute approximate surface area is 43.8 Å². The lowest BCUT2D eigenvalue weighted by Crippen LogP contribution is -2.46. The first-order valence-electron chi connectivity index (χ1n) is 2.62. The van der Waals surface area contributed by atoms with Crippen molar-refractivity contribution in [1.29, 1.82) is 0 Å². The summed E-state index contributed by atoms with van der Waals surface area (Å²) in [5.41, 5.74) is 2.77. The molecular weight excluding hydrogens is 90.1 g/mol. The van der Waals surface area contributed by atoms with Gasteiger partial charge in [0.1, 0.15) is 6.10 Å². The maximum absolute atomic E-state index is 4.86.